The van der Waals surface area contributed by atoms with Crippen LogP contribution in [0.1, 0.15) is 37.3 Å². The second-order valence-electron chi connectivity index (χ2n) is 12.0. The van der Waals surface area contributed by atoms with Gasteiger partial charge in [-0.3, -0.25) is 4.98 Å². The number of hydrogen-bond donors (Lipinski definition) is 2. The summed E-state index contributed by atoms with van der Waals surface area (Å²) in [6, 6.07) is 6.19. The van der Waals surface area contributed by atoms with Crippen molar-refractivity contribution >= 4 is 27.5 Å². The molecule has 224 valence electrons. The fourth-order valence-electron chi connectivity index (χ4n) is 6.23. The lowest BCUT2D eigenvalue weighted by atomic mass is 9.94. The minimum atomic E-state index is -0.906. The number of nitrogens with zero attached hydrogens (tertiary/aromatic N) is 5. The van der Waals surface area contributed by atoms with Crippen molar-refractivity contribution in [1.29, 1.82) is 0 Å². The van der Waals surface area contributed by atoms with Crippen LogP contribution in [0, 0.1) is 23.6 Å². The second kappa shape index (κ2) is 11.5. The van der Waals surface area contributed by atoms with E-state index in [-0.39, 0.29) is 40.0 Å². The van der Waals surface area contributed by atoms with E-state index in [0.717, 1.165) is 38.9 Å². The molecule has 0 amide bonds. The lowest BCUT2D eigenvalue weighted by Crippen LogP contribution is -2.50. The van der Waals surface area contributed by atoms with Crippen LogP contribution in [0.3, 0.4) is 0 Å². The quantitative estimate of drug-likeness (QED) is 0.264. The van der Waals surface area contributed by atoms with Crippen LogP contribution in [-0.2, 0) is 6.67 Å². The summed E-state index contributed by atoms with van der Waals surface area (Å²) in [5, 5.41) is 15.6. The highest BCUT2D eigenvalue weighted by atomic mass is 19.1. The molecule has 2 aromatic heterocycles. The van der Waals surface area contributed by atoms with Gasteiger partial charge >= 0.3 is 6.01 Å². The lowest BCUT2D eigenvalue weighted by molar-refractivity contribution is 0.183. The summed E-state index contributed by atoms with van der Waals surface area (Å²) in [6.07, 6.45) is 10.4. The van der Waals surface area contributed by atoms with Crippen molar-refractivity contribution < 1.29 is 18.6 Å². The summed E-state index contributed by atoms with van der Waals surface area (Å²) in [6.45, 7) is 4.80. The van der Waals surface area contributed by atoms with E-state index in [1.165, 1.54) is 24.3 Å². The van der Waals surface area contributed by atoms with Crippen molar-refractivity contribution in [2.24, 2.45) is 5.41 Å². The van der Waals surface area contributed by atoms with E-state index in [2.05, 4.69) is 32.9 Å². The molecule has 8 nitrogen and oxygen atoms in total. The first-order chi connectivity index (χ1) is 20.8. The Labute approximate surface area is 250 Å². The number of anilines is 1. The van der Waals surface area contributed by atoms with Gasteiger partial charge in [-0.2, -0.15) is 9.97 Å². The molecule has 2 aromatic carbocycles. The maximum absolute atomic E-state index is 15.2. The van der Waals surface area contributed by atoms with Crippen LogP contribution in [0.25, 0.3) is 32.9 Å². The molecule has 2 N–H and O–H groups in total. The number of piperazine rings is 1. The smallest absolute Gasteiger partial charge is 0.318 e. The van der Waals surface area contributed by atoms with Crippen molar-refractivity contribution in [3.05, 3.63) is 47.4 Å². The van der Waals surface area contributed by atoms with Crippen LogP contribution >= 0.6 is 0 Å². The van der Waals surface area contributed by atoms with Gasteiger partial charge in [-0.25, -0.2) is 8.78 Å². The van der Waals surface area contributed by atoms with Gasteiger partial charge in [0.15, 0.2) is 0 Å². The number of halogens is 2. The number of hydrogen-bond acceptors (Lipinski definition) is 8. The first kappa shape index (κ1) is 29.0. The molecule has 2 fully saturated rings. The van der Waals surface area contributed by atoms with Gasteiger partial charge in [0.2, 0.25) is 0 Å². The van der Waals surface area contributed by atoms with Crippen LogP contribution in [0.5, 0.6) is 11.8 Å². The summed E-state index contributed by atoms with van der Waals surface area (Å²) in [5.41, 5.74) is 1.19. The highest BCUT2D eigenvalue weighted by molar-refractivity contribution is 6.04. The Hall–Kier alpha value is -4.07. The molecule has 1 aliphatic carbocycles. The van der Waals surface area contributed by atoms with Gasteiger partial charge in [0, 0.05) is 60.3 Å². The third-order valence-electron chi connectivity index (χ3n) is 8.55. The topological polar surface area (TPSA) is 86.6 Å². The molecule has 2 aliphatic rings. The number of fused-ring (bicyclic) bond motifs is 2. The number of aromatic hydroxyl groups is 1. The standard InChI is InChI=1S/C33H36F2N6O2/c1-5-21-17-41(12-11-36-21)31-26-16-37-29(24-14-22(42)13-20-7-8-27(35)23(6-2)28(20)24)25(15-34)30(26)38-32(39-31)43-19-33(9-10-33)18-40(3)4/h2,7-8,13-14,16,21,36,42H,5,9-12,15,17-19H2,1,3-4H3. The lowest BCUT2D eigenvalue weighted by Gasteiger charge is -2.34. The van der Waals surface area contributed by atoms with Crippen LogP contribution in [0.4, 0.5) is 14.6 Å². The van der Waals surface area contributed by atoms with Crippen LogP contribution in [0.15, 0.2) is 30.5 Å². The predicted molar refractivity (Wildman–Crippen MR) is 165 cm³/mol. The minimum absolute atomic E-state index is 0.0219. The molecule has 43 heavy (non-hydrogen) atoms. The molecule has 6 rings (SSSR count). The Morgan fingerprint density at radius 1 is 1.26 bits per heavy atom. The Morgan fingerprint density at radius 3 is 2.77 bits per heavy atom. The highest BCUT2D eigenvalue weighted by Gasteiger charge is 2.44. The molecule has 1 aliphatic heterocycles. The van der Waals surface area contributed by atoms with E-state index < -0.39 is 12.5 Å². The van der Waals surface area contributed by atoms with E-state index in [1.807, 2.05) is 14.1 Å². The Bertz CT molecular complexity index is 1730. The largest absolute Gasteiger partial charge is 0.508 e. The molecule has 1 unspecified atom stereocenters. The van der Waals surface area contributed by atoms with Crippen molar-refractivity contribution in [3.63, 3.8) is 0 Å². The van der Waals surface area contributed by atoms with Crippen molar-refractivity contribution in [3.8, 4) is 35.4 Å². The van der Waals surface area contributed by atoms with E-state index in [1.54, 1.807) is 6.20 Å². The number of rotatable bonds is 9. The molecule has 1 saturated carbocycles. The molecular formula is C33H36F2N6O2. The highest BCUT2D eigenvalue weighted by Crippen LogP contribution is 2.46. The maximum atomic E-state index is 15.2. The summed E-state index contributed by atoms with van der Waals surface area (Å²) < 4.78 is 36.3. The van der Waals surface area contributed by atoms with Crippen LogP contribution in [-0.4, -0.2) is 77.9 Å². The number of pyridine rings is 1. The second-order valence-corrected chi connectivity index (χ2v) is 12.0. The number of terminal acetylenes is 1. The van der Waals surface area contributed by atoms with E-state index in [9.17, 15) is 9.50 Å². The average molecular weight is 587 g/mol. The van der Waals surface area contributed by atoms with Gasteiger partial charge in [0.25, 0.3) is 0 Å². The van der Waals surface area contributed by atoms with Gasteiger partial charge in [-0.1, -0.05) is 18.9 Å². The normalized spacial score (nSPS) is 17.9. The SMILES string of the molecule is C#Cc1c(F)ccc2cc(O)cc(-c3ncc4c(N5CCNC(CC)C5)nc(OCC5(CN(C)C)CC5)nc4c3CF)c12. The number of phenolic OH excluding ortho intramolecular Hbond substituents is 1. The van der Waals surface area contributed by atoms with Crippen molar-refractivity contribution in [1.82, 2.24) is 25.2 Å². The summed E-state index contributed by atoms with van der Waals surface area (Å²) in [5.74, 6) is 2.41. The summed E-state index contributed by atoms with van der Waals surface area (Å²) in [7, 11) is 4.09. The molecule has 0 spiro atoms. The number of ether oxygens (including phenoxy) is 1. The molecule has 1 atom stereocenters. The van der Waals surface area contributed by atoms with Crippen LogP contribution < -0.4 is 15.0 Å². The zero-order chi connectivity index (χ0) is 30.3. The number of aromatic nitrogens is 3. The Balaban J connectivity index is 1.54. The van der Waals surface area contributed by atoms with E-state index >= 15 is 4.39 Å². The third-order valence-corrected chi connectivity index (χ3v) is 8.55. The monoisotopic (exact) mass is 586 g/mol. The van der Waals surface area contributed by atoms with Gasteiger partial charge in [-0.15, -0.1) is 6.42 Å². The molecule has 4 aromatic rings. The number of alkyl halides is 1. The van der Waals surface area contributed by atoms with Gasteiger partial charge in [0.1, 0.15) is 24.1 Å². The number of nitrogens with one attached hydrogen (secondary N) is 1. The summed E-state index contributed by atoms with van der Waals surface area (Å²) >= 11 is 0. The molecule has 10 heteroatoms. The zero-order valence-corrected chi connectivity index (χ0v) is 24.8. The third kappa shape index (κ3) is 5.55. The van der Waals surface area contributed by atoms with Crippen LogP contribution in [0.2, 0.25) is 0 Å². The van der Waals surface area contributed by atoms with E-state index in [4.69, 9.17) is 21.1 Å². The fourth-order valence-corrected chi connectivity index (χ4v) is 6.23. The first-order valence-corrected chi connectivity index (χ1v) is 14.7. The maximum Gasteiger partial charge on any atom is 0.318 e. The van der Waals surface area contributed by atoms with E-state index in [0.29, 0.717) is 46.2 Å². The molecular weight excluding hydrogens is 550 g/mol. The molecule has 0 radical (unpaired) electrons. The fraction of sp³-hybridized carbons (Fsp3) is 0.424. The summed E-state index contributed by atoms with van der Waals surface area (Å²) in [4.78, 5) is 18.6. The zero-order valence-electron chi connectivity index (χ0n) is 24.8. The predicted octanol–water partition coefficient (Wildman–Crippen LogP) is 5.05. The van der Waals surface area contributed by atoms with Gasteiger partial charge < -0.3 is 25.0 Å². The Kier molecular flexibility index (Phi) is 7.79. The first-order valence-electron chi connectivity index (χ1n) is 14.7. The van der Waals surface area contributed by atoms with Gasteiger partial charge in [-0.05, 0) is 56.9 Å². The molecule has 1 saturated heterocycles. The average Bonchev–Trinajstić information content (AvgIpc) is 3.77. The minimum Gasteiger partial charge on any atom is -0.508 e. The van der Waals surface area contributed by atoms with Crippen molar-refractivity contribution in [2.45, 2.75) is 38.9 Å². The number of benzene rings is 2. The Morgan fingerprint density at radius 2 is 2.07 bits per heavy atom. The molecule has 0 bridgehead atoms. The van der Waals surface area contributed by atoms with Crippen molar-refractivity contribution in [2.75, 3.05) is 51.8 Å². The van der Waals surface area contributed by atoms with Gasteiger partial charge in [0.05, 0.1) is 28.8 Å². The molecule has 3 heterocycles. The number of phenols is 1.